The molecule has 0 aliphatic carbocycles. The van der Waals surface area contributed by atoms with Crippen LogP contribution in [-0.2, 0) is 14.8 Å². The third-order valence-electron chi connectivity index (χ3n) is 3.50. The van der Waals surface area contributed by atoms with Crippen molar-refractivity contribution in [2.45, 2.75) is 4.90 Å². The molecule has 0 saturated heterocycles. The predicted octanol–water partition coefficient (Wildman–Crippen LogP) is 2.15. The first-order chi connectivity index (χ1) is 12.4. The molecule has 0 aliphatic heterocycles. The summed E-state index contributed by atoms with van der Waals surface area (Å²) >= 11 is 0. The lowest BCUT2D eigenvalue weighted by atomic mass is 10.2. The molecule has 0 atom stereocenters. The molecule has 2 rings (SSSR count). The van der Waals surface area contributed by atoms with Crippen LogP contribution in [0.15, 0.2) is 65.6 Å². The molecule has 0 aromatic heterocycles. The van der Waals surface area contributed by atoms with Crippen LogP contribution in [0.3, 0.4) is 0 Å². The van der Waals surface area contributed by atoms with Crippen LogP contribution in [0.1, 0.15) is 5.56 Å². The number of rotatable bonds is 8. The summed E-state index contributed by atoms with van der Waals surface area (Å²) in [5.74, 6) is 0.335. The number of amides is 1. The number of hydrogen-bond acceptors (Lipinski definition) is 4. The van der Waals surface area contributed by atoms with Gasteiger partial charge in [0.1, 0.15) is 12.4 Å². The van der Waals surface area contributed by atoms with Gasteiger partial charge in [-0.1, -0.05) is 30.3 Å². The minimum atomic E-state index is -3.45. The van der Waals surface area contributed by atoms with Gasteiger partial charge < -0.3 is 10.1 Å². The topological polar surface area (TPSA) is 75.7 Å². The summed E-state index contributed by atoms with van der Waals surface area (Å²) in [7, 11) is -0.485. The van der Waals surface area contributed by atoms with E-state index in [1.54, 1.807) is 18.2 Å². The molecule has 0 bridgehead atoms. The summed E-state index contributed by atoms with van der Waals surface area (Å²) in [6.07, 6.45) is 3.20. The number of carbonyl (C=O) groups is 1. The Morgan fingerprint density at radius 3 is 2.35 bits per heavy atom. The Hall–Kier alpha value is -2.64. The quantitative estimate of drug-likeness (QED) is 0.567. The van der Waals surface area contributed by atoms with Gasteiger partial charge in [-0.15, -0.1) is 0 Å². The lowest BCUT2D eigenvalue weighted by molar-refractivity contribution is -0.116. The second-order valence-electron chi connectivity index (χ2n) is 5.64. The number of hydrogen-bond donors (Lipinski definition) is 1. The van der Waals surface area contributed by atoms with Gasteiger partial charge in [0, 0.05) is 20.2 Å². The molecule has 0 saturated carbocycles. The molecule has 6 nitrogen and oxygen atoms in total. The van der Waals surface area contributed by atoms with Crippen molar-refractivity contribution in [2.75, 3.05) is 27.2 Å². The molecule has 0 heterocycles. The first-order valence-electron chi connectivity index (χ1n) is 8.06. The molecular weight excluding hydrogens is 352 g/mol. The monoisotopic (exact) mass is 374 g/mol. The van der Waals surface area contributed by atoms with E-state index >= 15 is 0 Å². The van der Waals surface area contributed by atoms with Crippen LogP contribution in [0, 0.1) is 0 Å². The van der Waals surface area contributed by atoms with E-state index in [4.69, 9.17) is 4.74 Å². The largest absolute Gasteiger partial charge is 0.492 e. The van der Waals surface area contributed by atoms with Gasteiger partial charge in [0.05, 0.1) is 11.4 Å². The van der Waals surface area contributed by atoms with E-state index in [1.165, 1.54) is 32.3 Å². The van der Waals surface area contributed by atoms with Crippen LogP contribution in [0.2, 0.25) is 0 Å². The molecule has 7 heteroatoms. The summed E-state index contributed by atoms with van der Waals surface area (Å²) in [5, 5.41) is 2.72. The zero-order valence-corrected chi connectivity index (χ0v) is 15.6. The average molecular weight is 374 g/mol. The van der Waals surface area contributed by atoms with Gasteiger partial charge in [-0.2, -0.15) is 0 Å². The van der Waals surface area contributed by atoms with Crippen LogP contribution in [0.25, 0.3) is 6.08 Å². The van der Waals surface area contributed by atoms with E-state index < -0.39 is 10.0 Å². The van der Waals surface area contributed by atoms with E-state index in [-0.39, 0.29) is 17.4 Å². The Morgan fingerprint density at radius 1 is 1.08 bits per heavy atom. The lowest BCUT2D eigenvalue weighted by Crippen LogP contribution is -2.26. The van der Waals surface area contributed by atoms with Gasteiger partial charge in [0.25, 0.3) is 0 Å². The molecule has 0 unspecified atom stereocenters. The number of carbonyl (C=O) groups excluding carboxylic acids is 1. The second kappa shape index (κ2) is 9.17. The van der Waals surface area contributed by atoms with Crippen LogP contribution < -0.4 is 10.1 Å². The maximum atomic E-state index is 12.0. The summed E-state index contributed by atoms with van der Waals surface area (Å²) in [5.41, 5.74) is 0.951. The van der Waals surface area contributed by atoms with Crippen LogP contribution >= 0.6 is 0 Å². The fourth-order valence-corrected chi connectivity index (χ4v) is 2.96. The highest BCUT2D eigenvalue weighted by atomic mass is 32.2. The van der Waals surface area contributed by atoms with E-state index in [1.807, 2.05) is 30.3 Å². The fourth-order valence-electron chi connectivity index (χ4n) is 2.06. The molecule has 26 heavy (non-hydrogen) atoms. The van der Waals surface area contributed by atoms with Crippen LogP contribution in [0.5, 0.6) is 5.75 Å². The average Bonchev–Trinajstić information content (AvgIpc) is 2.64. The summed E-state index contributed by atoms with van der Waals surface area (Å²) in [6, 6.07) is 15.7. The van der Waals surface area contributed by atoms with Crippen molar-refractivity contribution >= 4 is 22.0 Å². The van der Waals surface area contributed by atoms with Crippen molar-refractivity contribution in [1.82, 2.24) is 9.62 Å². The zero-order chi connectivity index (χ0) is 19.0. The zero-order valence-electron chi connectivity index (χ0n) is 14.8. The van der Waals surface area contributed by atoms with Gasteiger partial charge in [-0.25, -0.2) is 12.7 Å². The Balaban J connectivity index is 1.76. The molecule has 0 fully saturated rings. The number of benzene rings is 2. The Kier molecular flexibility index (Phi) is 6.94. The Bertz CT molecular complexity index is 845. The van der Waals surface area contributed by atoms with E-state index in [0.717, 1.165) is 9.87 Å². The fraction of sp³-hybridized carbons (Fsp3) is 0.211. The van der Waals surface area contributed by atoms with E-state index in [2.05, 4.69) is 5.32 Å². The van der Waals surface area contributed by atoms with Crippen molar-refractivity contribution in [3.05, 3.63) is 66.2 Å². The molecule has 0 spiro atoms. The highest BCUT2D eigenvalue weighted by Crippen LogP contribution is 2.17. The summed E-state index contributed by atoms with van der Waals surface area (Å²) in [6.45, 7) is 0.625. The normalized spacial score (nSPS) is 11.7. The van der Waals surface area contributed by atoms with Gasteiger partial charge in [-0.3, -0.25) is 4.79 Å². The lowest BCUT2D eigenvalue weighted by Gasteiger charge is -2.12. The second-order valence-corrected chi connectivity index (χ2v) is 7.79. The minimum Gasteiger partial charge on any atom is -0.492 e. The molecule has 2 aromatic carbocycles. The number of nitrogens with zero attached hydrogens (tertiary/aromatic N) is 1. The molecular formula is C19H22N2O4S. The van der Waals surface area contributed by atoms with E-state index in [0.29, 0.717) is 12.3 Å². The van der Waals surface area contributed by atoms with Crippen molar-refractivity contribution in [3.8, 4) is 5.75 Å². The minimum absolute atomic E-state index is 0.203. The Morgan fingerprint density at radius 2 is 1.73 bits per heavy atom. The van der Waals surface area contributed by atoms with Gasteiger partial charge in [0.2, 0.25) is 15.9 Å². The van der Waals surface area contributed by atoms with Crippen LogP contribution in [0.4, 0.5) is 0 Å². The maximum Gasteiger partial charge on any atom is 0.244 e. The highest BCUT2D eigenvalue weighted by Gasteiger charge is 2.16. The molecule has 138 valence electrons. The maximum absolute atomic E-state index is 12.0. The van der Waals surface area contributed by atoms with Crippen molar-refractivity contribution in [1.29, 1.82) is 0 Å². The van der Waals surface area contributed by atoms with Crippen molar-refractivity contribution < 1.29 is 17.9 Å². The summed E-state index contributed by atoms with van der Waals surface area (Å²) < 4.78 is 30.6. The Labute approximate surface area is 154 Å². The number of nitrogens with one attached hydrogen (secondary N) is 1. The molecule has 0 radical (unpaired) electrons. The van der Waals surface area contributed by atoms with Gasteiger partial charge in [-0.05, 0) is 35.9 Å². The number of ether oxygens (including phenoxy) is 1. The van der Waals surface area contributed by atoms with Gasteiger partial charge >= 0.3 is 0 Å². The van der Waals surface area contributed by atoms with Gasteiger partial charge in [0.15, 0.2) is 0 Å². The molecule has 0 aliphatic rings. The third-order valence-corrected chi connectivity index (χ3v) is 5.33. The SMILES string of the molecule is CN(C)S(=O)(=O)c1ccc(OCCNC(=O)/C=C/c2ccccc2)cc1. The first kappa shape index (κ1) is 19.7. The first-order valence-corrected chi connectivity index (χ1v) is 9.50. The van der Waals surface area contributed by atoms with Crippen molar-refractivity contribution in [2.24, 2.45) is 0 Å². The smallest absolute Gasteiger partial charge is 0.244 e. The third kappa shape index (κ3) is 5.72. The van der Waals surface area contributed by atoms with E-state index in [9.17, 15) is 13.2 Å². The summed E-state index contributed by atoms with van der Waals surface area (Å²) in [4.78, 5) is 11.9. The van der Waals surface area contributed by atoms with Crippen molar-refractivity contribution in [3.63, 3.8) is 0 Å². The molecule has 2 aromatic rings. The number of sulfonamides is 1. The highest BCUT2D eigenvalue weighted by molar-refractivity contribution is 7.89. The predicted molar refractivity (Wildman–Crippen MR) is 101 cm³/mol. The molecule has 1 amide bonds. The standard InChI is InChI=1S/C19H22N2O4S/c1-21(2)26(23,24)18-11-9-17(10-12-18)25-15-14-20-19(22)13-8-16-6-4-3-5-7-16/h3-13H,14-15H2,1-2H3,(H,20,22)/b13-8+. The molecule has 1 N–H and O–H groups in total. The van der Waals surface area contributed by atoms with Crippen LogP contribution in [-0.4, -0.2) is 45.9 Å².